The number of aromatic carboxylic acids is 1. The normalized spacial score (nSPS) is 10.5. The molecular formula is C15H9ClN4O2. The summed E-state index contributed by atoms with van der Waals surface area (Å²) >= 11 is 5.93. The van der Waals surface area contributed by atoms with Gasteiger partial charge in [0.25, 0.3) is 5.82 Å². The first-order valence-corrected chi connectivity index (χ1v) is 6.67. The van der Waals surface area contributed by atoms with Gasteiger partial charge in [-0.2, -0.15) is 4.68 Å². The van der Waals surface area contributed by atoms with E-state index in [4.69, 9.17) is 23.3 Å². The maximum Gasteiger partial charge on any atom is 0.357 e. The number of hydrogen-bond donors (Lipinski definition) is 1. The molecule has 0 aliphatic rings. The van der Waals surface area contributed by atoms with E-state index in [2.05, 4.69) is 14.9 Å². The first-order chi connectivity index (χ1) is 10.6. The maximum atomic E-state index is 10.9. The molecule has 0 amide bonds. The van der Waals surface area contributed by atoms with Gasteiger partial charge in [-0.25, -0.2) is 4.79 Å². The van der Waals surface area contributed by atoms with Crippen molar-refractivity contribution in [2.45, 2.75) is 6.54 Å². The van der Waals surface area contributed by atoms with Crippen LogP contribution in [0.4, 0.5) is 5.82 Å². The molecule has 7 heteroatoms. The van der Waals surface area contributed by atoms with Gasteiger partial charge in [0.05, 0.1) is 10.5 Å². The lowest BCUT2D eigenvalue weighted by Gasteiger charge is -2.03. The molecule has 1 aromatic carbocycles. The molecule has 0 bridgehead atoms. The van der Waals surface area contributed by atoms with Crippen LogP contribution in [0.3, 0.4) is 0 Å². The zero-order chi connectivity index (χ0) is 15.7. The number of hydrogen-bond acceptors (Lipinski definition) is 3. The van der Waals surface area contributed by atoms with Crippen LogP contribution in [0.2, 0.25) is 5.02 Å². The lowest BCUT2D eigenvalue weighted by molar-refractivity contribution is 0.0689. The third-order valence-electron chi connectivity index (χ3n) is 3.14. The number of carboxylic acids is 1. The Labute approximate surface area is 130 Å². The number of carbonyl (C=O) groups is 1. The van der Waals surface area contributed by atoms with Crippen LogP contribution in [0.1, 0.15) is 16.1 Å². The molecule has 3 rings (SSSR count). The number of rotatable bonds is 3. The quantitative estimate of drug-likeness (QED) is 0.752. The molecule has 0 saturated heterocycles. The number of fused-ring (bicyclic) bond motifs is 1. The summed E-state index contributed by atoms with van der Waals surface area (Å²) in [4.78, 5) is 18.5. The van der Waals surface area contributed by atoms with Crippen LogP contribution < -0.4 is 0 Å². The molecule has 0 spiro atoms. The number of carboxylic acid groups (broad SMARTS) is 1. The fraction of sp³-hybridized carbons (Fsp3) is 0.0667. The Balaban J connectivity index is 1.99. The van der Waals surface area contributed by atoms with E-state index in [1.54, 1.807) is 12.3 Å². The number of halogens is 1. The molecule has 0 saturated carbocycles. The third-order valence-corrected chi connectivity index (χ3v) is 3.34. The fourth-order valence-corrected chi connectivity index (χ4v) is 2.31. The van der Waals surface area contributed by atoms with Crippen LogP contribution in [0.25, 0.3) is 15.7 Å². The Morgan fingerprint density at radius 3 is 2.91 bits per heavy atom. The molecule has 0 radical (unpaired) electrons. The fourth-order valence-electron chi connectivity index (χ4n) is 2.14. The molecular weight excluding hydrogens is 304 g/mol. The van der Waals surface area contributed by atoms with E-state index in [0.29, 0.717) is 11.6 Å². The largest absolute Gasteiger partial charge is 0.476 e. The number of nitrogens with zero attached hydrogens (tertiary/aromatic N) is 4. The summed E-state index contributed by atoms with van der Waals surface area (Å²) in [6, 6.07) is 8.66. The number of pyridine rings is 1. The topological polar surface area (TPSA) is 72.4 Å². The lowest BCUT2D eigenvalue weighted by atomic mass is 10.1. The summed E-state index contributed by atoms with van der Waals surface area (Å²) in [7, 11) is 0. The Hall–Kier alpha value is -2.91. The molecule has 22 heavy (non-hydrogen) atoms. The van der Waals surface area contributed by atoms with Crippen molar-refractivity contribution in [1.82, 2.24) is 14.8 Å². The van der Waals surface area contributed by atoms with Crippen molar-refractivity contribution < 1.29 is 9.90 Å². The van der Waals surface area contributed by atoms with E-state index in [0.717, 1.165) is 16.5 Å². The standard InChI is InChI=1S/C15H9ClN4O2/c1-17-14-6-13(15(21)22)19-20(14)8-9-2-3-12-10(4-9)5-11(16)7-18-12/h2-7H,8H2,(H,21,22). The molecule has 0 fully saturated rings. The molecule has 6 nitrogen and oxygen atoms in total. The molecule has 2 aromatic heterocycles. The van der Waals surface area contributed by atoms with Gasteiger partial charge >= 0.3 is 5.97 Å². The highest BCUT2D eigenvalue weighted by atomic mass is 35.5. The summed E-state index contributed by atoms with van der Waals surface area (Å²) < 4.78 is 1.37. The molecule has 2 heterocycles. The lowest BCUT2D eigenvalue weighted by Crippen LogP contribution is -2.04. The zero-order valence-electron chi connectivity index (χ0n) is 11.2. The van der Waals surface area contributed by atoms with Crippen LogP contribution >= 0.6 is 11.6 Å². The van der Waals surface area contributed by atoms with Gasteiger partial charge in [0.1, 0.15) is 6.54 Å². The van der Waals surface area contributed by atoms with E-state index in [1.165, 1.54) is 10.7 Å². The van der Waals surface area contributed by atoms with Crippen molar-refractivity contribution >= 4 is 34.3 Å². The summed E-state index contributed by atoms with van der Waals surface area (Å²) in [5.41, 5.74) is 1.54. The monoisotopic (exact) mass is 312 g/mol. The molecule has 1 N–H and O–H groups in total. The second-order valence-corrected chi connectivity index (χ2v) is 5.08. The summed E-state index contributed by atoms with van der Waals surface area (Å²) in [6.07, 6.45) is 1.58. The number of benzene rings is 1. The van der Waals surface area contributed by atoms with Crippen LogP contribution in [-0.2, 0) is 6.54 Å². The van der Waals surface area contributed by atoms with E-state index in [1.807, 2.05) is 18.2 Å². The van der Waals surface area contributed by atoms with Crippen molar-refractivity contribution in [3.63, 3.8) is 0 Å². The average molecular weight is 313 g/mol. The van der Waals surface area contributed by atoms with Gasteiger partial charge in [0.2, 0.25) is 0 Å². The molecule has 0 unspecified atom stereocenters. The van der Waals surface area contributed by atoms with Crippen molar-refractivity contribution in [3.05, 3.63) is 64.2 Å². The summed E-state index contributed by atoms with van der Waals surface area (Å²) in [6.45, 7) is 7.41. The second-order valence-electron chi connectivity index (χ2n) is 4.64. The van der Waals surface area contributed by atoms with E-state index in [9.17, 15) is 4.79 Å². The van der Waals surface area contributed by atoms with Crippen LogP contribution in [0, 0.1) is 6.57 Å². The Morgan fingerprint density at radius 1 is 1.36 bits per heavy atom. The van der Waals surface area contributed by atoms with Crippen LogP contribution in [-0.4, -0.2) is 25.8 Å². The van der Waals surface area contributed by atoms with Crippen molar-refractivity contribution in [2.24, 2.45) is 0 Å². The van der Waals surface area contributed by atoms with Gasteiger partial charge in [-0.15, -0.1) is 0 Å². The number of aromatic nitrogens is 3. The predicted octanol–water partition coefficient (Wildman–Crippen LogP) is 3.38. The highest BCUT2D eigenvalue weighted by molar-refractivity contribution is 6.31. The molecule has 3 aromatic rings. The first-order valence-electron chi connectivity index (χ1n) is 6.29. The van der Waals surface area contributed by atoms with Crippen molar-refractivity contribution in [2.75, 3.05) is 0 Å². The SMILES string of the molecule is [C-]#[N+]c1cc(C(=O)O)nn1Cc1ccc2ncc(Cl)cc2c1. The molecule has 0 atom stereocenters. The minimum absolute atomic E-state index is 0.142. The van der Waals surface area contributed by atoms with Gasteiger partial charge in [0, 0.05) is 11.6 Å². The van der Waals surface area contributed by atoms with E-state index < -0.39 is 5.97 Å². The minimum atomic E-state index is -1.15. The second kappa shape index (κ2) is 5.47. The van der Waals surface area contributed by atoms with Gasteiger partial charge < -0.3 is 9.95 Å². The Morgan fingerprint density at radius 2 is 2.18 bits per heavy atom. The third kappa shape index (κ3) is 2.62. The highest BCUT2D eigenvalue weighted by Gasteiger charge is 2.15. The summed E-state index contributed by atoms with van der Waals surface area (Å²) in [5.74, 6) is -0.972. The maximum absolute atomic E-state index is 10.9. The van der Waals surface area contributed by atoms with Gasteiger partial charge in [-0.05, 0) is 29.8 Å². The average Bonchev–Trinajstić information content (AvgIpc) is 2.90. The van der Waals surface area contributed by atoms with Gasteiger partial charge in [-0.3, -0.25) is 4.98 Å². The first kappa shape index (κ1) is 14.0. The smallest absolute Gasteiger partial charge is 0.357 e. The Bertz CT molecular complexity index is 927. The summed E-state index contributed by atoms with van der Waals surface area (Å²) in [5, 5.41) is 14.3. The Kier molecular flexibility index (Phi) is 3.49. The van der Waals surface area contributed by atoms with E-state index in [-0.39, 0.29) is 11.5 Å². The van der Waals surface area contributed by atoms with Crippen LogP contribution in [0.15, 0.2) is 36.5 Å². The molecule has 0 aliphatic heterocycles. The minimum Gasteiger partial charge on any atom is -0.476 e. The predicted molar refractivity (Wildman–Crippen MR) is 81.3 cm³/mol. The molecule has 0 aliphatic carbocycles. The highest BCUT2D eigenvalue weighted by Crippen LogP contribution is 2.21. The van der Waals surface area contributed by atoms with Gasteiger partial charge in [0.15, 0.2) is 5.69 Å². The van der Waals surface area contributed by atoms with Gasteiger partial charge in [-0.1, -0.05) is 29.3 Å². The van der Waals surface area contributed by atoms with E-state index >= 15 is 0 Å². The zero-order valence-corrected chi connectivity index (χ0v) is 11.9. The molecule has 108 valence electrons. The van der Waals surface area contributed by atoms with Crippen molar-refractivity contribution in [3.8, 4) is 0 Å². The van der Waals surface area contributed by atoms with Crippen LogP contribution in [0.5, 0.6) is 0 Å². The van der Waals surface area contributed by atoms with Crippen molar-refractivity contribution in [1.29, 1.82) is 0 Å².